The summed E-state index contributed by atoms with van der Waals surface area (Å²) in [5, 5.41) is 0. The van der Waals surface area contributed by atoms with Crippen molar-refractivity contribution in [1.29, 1.82) is 0 Å². The third kappa shape index (κ3) is 3.53. The summed E-state index contributed by atoms with van der Waals surface area (Å²) in [6.07, 6.45) is 2.37. The maximum atomic E-state index is 12.8. The molecule has 19 heavy (non-hydrogen) atoms. The molecular weight excluding hydrogens is 241 g/mol. The number of benzene rings is 1. The lowest BCUT2D eigenvalue weighted by atomic mass is 10.2. The highest BCUT2D eigenvalue weighted by atomic mass is 19.1. The molecule has 1 aliphatic carbocycles. The van der Waals surface area contributed by atoms with E-state index in [4.69, 9.17) is 5.73 Å². The molecule has 0 atom stereocenters. The first-order valence-corrected chi connectivity index (χ1v) is 7.11. The molecule has 1 saturated heterocycles. The lowest BCUT2D eigenvalue weighted by Crippen LogP contribution is -2.50. The number of hydrogen-bond acceptors (Lipinski definition) is 3. The molecule has 1 aliphatic heterocycles. The van der Waals surface area contributed by atoms with Crippen LogP contribution in [0.3, 0.4) is 0 Å². The molecule has 2 N–H and O–H groups in total. The molecule has 0 spiro atoms. The van der Waals surface area contributed by atoms with Gasteiger partial charge in [0.2, 0.25) is 0 Å². The van der Waals surface area contributed by atoms with E-state index in [9.17, 15) is 4.39 Å². The minimum absolute atomic E-state index is 0.124. The number of hydrogen-bond donors (Lipinski definition) is 1. The second kappa shape index (κ2) is 5.19. The maximum absolute atomic E-state index is 12.8. The van der Waals surface area contributed by atoms with Gasteiger partial charge in [0.05, 0.1) is 0 Å². The van der Waals surface area contributed by atoms with E-state index in [-0.39, 0.29) is 11.4 Å². The van der Waals surface area contributed by atoms with E-state index in [0.717, 1.165) is 39.3 Å². The van der Waals surface area contributed by atoms with Crippen molar-refractivity contribution in [1.82, 2.24) is 9.80 Å². The summed E-state index contributed by atoms with van der Waals surface area (Å²) in [5.74, 6) is -0.161. The molecule has 0 amide bonds. The van der Waals surface area contributed by atoms with Gasteiger partial charge in [0.25, 0.3) is 0 Å². The summed E-state index contributed by atoms with van der Waals surface area (Å²) in [6.45, 7) is 6.32. The topological polar surface area (TPSA) is 32.5 Å². The average molecular weight is 263 g/mol. The Hall–Kier alpha value is -0.970. The zero-order valence-electron chi connectivity index (χ0n) is 11.3. The Morgan fingerprint density at radius 1 is 1.00 bits per heavy atom. The van der Waals surface area contributed by atoms with Crippen LogP contribution in [-0.2, 0) is 6.54 Å². The van der Waals surface area contributed by atoms with Crippen LogP contribution in [0.15, 0.2) is 24.3 Å². The first-order chi connectivity index (χ1) is 9.13. The minimum Gasteiger partial charge on any atom is -0.324 e. The number of rotatable bonds is 4. The van der Waals surface area contributed by atoms with Gasteiger partial charge in [0.15, 0.2) is 0 Å². The Bertz CT molecular complexity index is 420. The first-order valence-electron chi connectivity index (χ1n) is 7.11. The van der Waals surface area contributed by atoms with Crippen molar-refractivity contribution >= 4 is 0 Å². The molecule has 0 aromatic heterocycles. The maximum Gasteiger partial charge on any atom is 0.123 e. The Balaban J connectivity index is 1.46. The van der Waals surface area contributed by atoms with Crippen molar-refractivity contribution in [2.45, 2.75) is 24.9 Å². The number of halogens is 1. The molecule has 1 aromatic carbocycles. The third-order valence-corrected chi connectivity index (χ3v) is 4.22. The Morgan fingerprint density at radius 2 is 1.58 bits per heavy atom. The average Bonchev–Trinajstić information content (AvgIpc) is 3.12. The molecule has 104 valence electrons. The highest BCUT2D eigenvalue weighted by Crippen LogP contribution is 2.33. The van der Waals surface area contributed by atoms with E-state index < -0.39 is 0 Å². The molecule has 1 saturated carbocycles. The van der Waals surface area contributed by atoms with Crippen molar-refractivity contribution in [2.75, 3.05) is 32.7 Å². The van der Waals surface area contributed by atoms with Crippen LogP contribution in [0.5, 0.6) is 0 Å². The fraction of sp³-hybridized carbons (Fsp3) is 0.600. The standard InChI is InChI=1S/C15H22FN3/c16-14-3-1-13(2-4-14)11-18-7-9-19(10-8-18)12-15(17)5-6-15/h1-4H,5-12,17H2. The van der Waals surface area contributed by atoms with E-state index in [0.29, 0.717) is 0 Å². The molecule has 1 heterocycles. The largest absolute Gasteiger partial charge is 0.324 e. The molecule has 3 rings (SSSR count). The first kappa shape index (κ1) is 13.0. The van der Waals surface area contributed by atoms with Gasteiger partial charge in [0, 0.05) is 44.8 Å². The van der Waals surface area contributed by atoms with Gasteiger partial charge >= 0.3 is 0 Å². The van der Waals surface area contributed by atoms with Gasteiger partial charge in [-0.2, -0.15) is 0 Å². The van der Waals surface area contributed by atoms with Crippen LogP contribution in [0, 0.1) is 5.82 Å². The second-order valence-corrected chi connectivity index (χ2v) is 6.04. The van der Waals surface area contributed by atoms with Gasteiger partial charge in [-0.15, -0.1) is 0 Å². The van der Waals surface area contributed by atoms with Crippen molar-refractivity contribution in [3.05, 3.63) is 35.6 Å². The lowest BCUT2D eigenvalue weighted by Gasteiger charge is -2.36. The molecule has 2 fully saturated rings. The molecule has 3 nitrogen and oxygen atoms in total. The molecule has 4 heteroatoms. The smallest absolute Gasteiger partial charge is 0.123 e. The van der Waals surface area contributed by atoms with Gasteiger partial charge in [-0.3, -0.25) is 9.80 Å². The summed E-state index contributed by atoms with van der Waals surface area (Å²) >= 11 is 0. The molecule has 0 radical (unpaired) electrons. The van der Waals surface area contributed by atoms with E-state index in [1.165, 1.54) is 30.5 Å². The SMILES string of the molecule is NC1(CN2CCN(Cc3ccc(F)cc3)CC2)CC1. The van der Waals surface area contributed by atoms with Crippen molar-refractivity contribution in [3.63, 3.8) is 0 Å². The van der Waals surface area contributed by atoms with Gasteiger partial charge in [-0.1, -0.05) is 12.1 Å². The van der Waals surface area contributed by atoms with E-state index in [2.05, 4.69) is 9.80 Å². The van der Waals surface area contributed by atoms with Gasteiger partial charge in [-0.05, 0) is 30.5 Å². The van der Waals surface area contributed by atoms with E-state index in [1.54, 1.807) is 0 Å². The van der Waals surface area contributed by atoms with Crippen molar-refractivity contribution in [2.24, 2.45) is 5.73 Å². The van der Waals surface area contributed by atoms with Gasteiger partial charge < -0.3 is 5.73 Å². The lowest BCUT2D eigenvalue weighted by molar-refractivity contribution is 0.119. The van der Waals surface area contributed by atoms with Crippen LogP contribution in [0.25, 0.3) is 0 Å². The van der Waals surface area contributed by atoms with E-state index in [1.807, 2.05) is 12.1 Å². The van der Waals surface area contributed by atoms with Crippen LogP contribution in [0.4, 0.5) is 4.39 Å². The molecule has 2 aliphatic rings. The van der Waals surface area contributed by atoms with Gasteiger partial charge in [0.1, 0.15) is 5.82 Å². The number of piperazine rings is 1. The summed E-state index contributed by atoms with van der Waals surface area (Å²) in [6, 6.07) is 6.83. The number of nitrogens with two attached hydrogens (primary N) is 1. The summed E-state index contributed by atoms with van der Waals surface area (Å²) < 4.78 is 12.8. The molecule has 0 unspecified atom stereocenters. The Morgan fingerprint density at radius 3 is 2.16 bits per heavy atom. The van der Waals surface area contributed by atoms with Crippen LogP contribution < -0.4 is 5.73 Å². The highest BCUT2D eigenvalue weighted by molar-refractivity contribution is 5.16. The monoisotopic (exact) mass is 263 g/mol. The predicted octanol–water partition coefficient (Wildman–Crippen LogP) is 1.43. The zero-order chi connectivity index (χ0) is 13.3. The predicted molar refractivity (Wildman–Crippen MR) is 74.3 cm³/mol. The molecule has 1 aromatic rings. The Kier molecular flexibility index (Phi) is 3.56. The quantitative estimate of drug-likeness (QED) is 0.892. The number of nitrogens with zero attached hydrogens (tertiary/aromatic N) is 2. The summed E-state index contributed by atoms with van der Waals surface area (Å²) in [4.78, 5) is 4.91. The fourth-order valence-corrected chi connectivity index (χ4v) is 2.72. The van der Waals surface area contributed by atoms with E-state index >= 15 is 0 Å². The minimum atomic E-state index is -0.161. The Labute approximate surface area is 114 Å². The fourth-order valence-electron chi connectivity index (χ4n) is 2.72. The molecule has 0 bridgehead atoms. The van der Waals surface area contributed by atoms with Crippen LogP contribution in [-0.4, -0.2) is 48.1 Å². The summed E-state index contributed by atoms with van der Waals surface area (Å²) in [7, 11) is 0. The zero-order valence-corrected chi connectivity index (χ0v) is 11.3. The van der Waals surface area contributed by atoms with Crippen molar-refractivity contribution in [3.8, 4) is 0 Å². The van der Waals surface area contributed by atoms with Crippen LogP contribution >= 0.6 is 0 Å². The second-order valence-electron chi connectivity index (χ2n) is 6.04. The van der Waals surface area contributed by atoms with Crippen LogP contribution in [0.2, 0.25) is 0 Å². The third-order valence-electron chi connectivity index (χ3n) is 4.22. The summed E-state index contributed by atoms with van der Waals surface area (Å²) in [5.41, 5.74) is 7.47. The highest BCUT2D eigenvalue weighted by Gasteiger charge is 2.39. The normalized spacial score (nSPS) is 23.5. The molecular formula is C15H22FN3. The van der Waals surface area contributed by atoms with Gasteiger partial charge in [-0.25, -0.2) is 4.39 Å². The van der Waals surface area contributed by atoms with Crippen LogP contribution in [0.1, 0.15) is 18.4 Å². The van der Waals surface area contributed by atoms with Crippen molar-refractivity contribution < 1.29 is 4.39 Å².